The number of carbonyl (C=O) groups excluding carboxylic acids is 1. The van der Waals surface area contributed by atoms with E-state index in [1.807, 2.05) is 12.1 Å². The lowest BCUT2D eigenvalue weighted by Gasteiger charge is -2.45. The number of amidine groups is 1. The number of hydrogen-bond acceptors (Lipinski definition) is 5. The topological polar surface area (TPSA) is 80.4 Å². The van der Waals surface area contributed by atoms with E-state index in [9.17, 15) is 4.79 Å². The number of fused-ring (bicyclic) bond motifs is 2. The number of nitrogens with one attached hydrogen (secondary N) is 1. The van der Waals surface area contributed by atoms with Crippen molar-refractivity contribution in [3.05, 3.63) is 57.8 Å². The lowest BCUT2D eigenvalue weighted by molar-refractivity contribution is 0.102. The Morgan fingerprint density at radius 2 is 2.11 bits per heavy atom. The molecule has 28 heavy (non-hydrogen) atoms. The molecule has 2 heterocycles. The van der Waals surface area contributed by atoms with Crippen LogP contribution in [-0.2, 0) is 12.0 Å². The van der Waals surface area contributed by atoms with Crippen LogP contribution in [0.3, 0.4) is 0 Å². The summed E-state index contributed by atoms with van der Waals surface area (Å²) in [5.41, 5.74) is 9.61. The Labute approximate surface area is 177 Å². The Bertz CT molecular complexity index is 957. The van der Waals surface area contributed by atoms with E-state index in [1.165, 1.54) is 11.1 Å². The fraction of sp³-hybridized carbons (Fsp3) is 0.381. The molecule has 1 aromatic carbocycles. The molecule has 0 radical (unpaired) electrons. The third-order valence-electron chi connectivity index (χ3n) is 5.36. The van der Waals surface area contributed by atoms with Gasteiger partial charge >= 0.3 is 0 Å². The zero-order valence-corrected chi connectivity index (χ0v) is 18.4. The molecule has 146 valence electrons. The number of rotatable bonds is 2. The van der Waals surface area contributed by atoms with E-state index < -0.39 is 0 Å². The summed E-state index contributed by atoms with van der Waals surface area (Å²) in [5.74, 6) is 0.740. The van der Waals surface area contributed by atoms with Crippen molar-refractivity contribution in [2.45, 2.75) is 38.6 Å². The van der Waals surface area contributed by atoms with Crippen LogP contribution in [0.2, 0.25) is 0 Å². The molecule has 2 aliphatic rings. The fourth-order valence-electron chi connectivity index (χ4n) is 4.36. The van der Waals surface area contributed by atoms with Gasteiger partial charge in [0.1, 0.15) is 5.69 Å². The van der Waals surface area contributed by atoms with Crippen molar-refractivity contribution in [3.63, 3.8) is 0 Å². The second-order valence-corrected chi connectivity index (χ2v) is 10.3. The summed E-state index contributed by atoms with van der Waals surface area (Å²) in [5, 5.41) is 3.64. The summed E-state index contributed by atoms with van der Waals surface area (Å²) in [6.07, 6.45) is 4.53. The number of nitrogens with zero attached hydrogens (tertiary/aromatic N) is 2. The first-order valence-electron chi connectivity index (χ1n) is 9.31. The summed E-state index contributed by atoms with van der Waals surface area (Å²) in [7, 11) is 0. The van der Waals surface area contributed by atoms with E-state index in [2.05, 4.69) is 52.2 Å². The van der Waals surface area contributed by atoms with Gasteiger partial charge in [-0.05, 0) is 76.0 Å². The fourth-order valence-corrected chi connectivity index (χ4v) is 5.48. The number of aliphatic imine (C=N–C) groups is 1. The lowest BCUT2D eigenvalue weighted by Crippen LogP contribution is -2.41. The minimum absolute atomic E-state index is 0.158. The maximum atomic E-state index is 12.6. The molecular weight excluding hydrogens is 436 g/mol. The van der Waals surface area contributed by atoms with E-state index in [-0.39, 0.29) is 16.9 Å². The zero-order valence-electron chi connectivity index (χ0n) is 16.0. The predicted molar refractivity (Wildman–Crippen MR) is 119 cm³/mol. The molecule has 0 saturated heterocycles. The predicted octanol–water partition coefficient (Wildman–Crippen LogP) is 4.72. The second-order valence-electron chi connectivity index (χ2n) is 8.29. The molecule has 1 amide bonds. The van der Waals surface area contributed by atoms with E-state index in [0.717, 1.165) is 35.2 Å². The first-order valence-corrected chi connectivity index (χ1v) is 11.1. The van der Waals surface area contributed by atoms with Gasteiger partial charge in [0.05, 0.1) is 5.54 Å². The van der Waals surface area contributed by atoms with Crippen molar-refractivity contribution in [2.75, 3.05) is 11.1 Å². The Hall–Kier alpha value is -1.86. The van der Waals surface area contributed by atoms with Crippen LogP contribution in [0.5, 0.6) is 0 Å². The first kappa shape index (κ1) is 19.5. The van der Waals surface area contributed by atoms with Crippen LogP contribution >= 0.6 is 27.7 Å². The number of anilines is 1. The highest BCUT2D eigenvalue weighted by molar-refractivity contribution is 9.10. The monoisotopic (exact) mass is 458 g/mol. The number of aromatic nitrogens is 1. The van der Waals surface area contributed by atoms with Crippen LogP contribution in [0.15, 0.2) is 46.0 Å². The van der Waals surface area contributed by atoms with Gasteiger partial charge in [0, 0.05) is 22.1 Å². The van der Waals surface area contributed by atoms with Crippen molar-refractivity contribution in [1.82, 2.24) is 4.98 Å². The van der Waals surface area contributed by atoms with Crippen LogP contribution in [0.1, 0.15) is 48.3 Å². The number of nitrogens with two attached hydrogens (primary N) is 1. The maximum absolute atomic E-state index is 12.6. The summed E-state index contributed by atoms with van der Waals surface area (Å²) < 4.78 is 0.841. The zero-order chi connectivity index (χ0) is 19.9. The van der Waals surface area contributed by atoms with Crippen LogP contribution in [0.4, 0.5) is 5.69 Å². The molecular formula is C21H23BrN4OS. The molecule has 1 spiro atoms. The van der Waals surface area contributed by atoms with Crippen molar-refractivity contribution in [2.24, 2.45) is 16.1 Å². The molecule has 5 nitrogen and oxygen atoms in total. The van der Waals surface area contributed by atoms with E-state index in [0.29, 0.717) is 10.9 Å². The van der Waals surface area contributed by atoms with Gasteiger partial charge in [-0.2, -0.15) is 0 Å². The normalized spacial score (nSPS) is 23.0. The van der Waals surface area contributed by atoms with Gasteiger partial charge in [0.15, 0.2) is 5.17 Å². The minimum atomic E-state index is -0.303. The van der Waals surface area contributed by atoms with Gasteiger partial charge in [0.2, 0.25) is 0 Å². The number of carbonyl (C=O) groups is 1. The average molecular weight is 459 g/mol. The largest absolute Gasteiger partial charge is 0.379 e. The average Bonchev–Trinajstić information content (AvgIpc) is 2.62. The van der Waals surface area contributed by atoms with Crippen molar-refractivity contribution in [3.8, 4) is 0 Å². The van der Waals surface area contributed by atoms with Crippen LogP contribution in [-0.4, -0.2) is 21.8 Å². The highest BCUT2D eigenvalue weighted by atomic mass is 79.9. The van der Waals surface area contributed by atoms with Crippen molar-refractivity contribution >= 4 is 44.5 Å². The Morgan fingerprint density at radius 3 is 2.82 bits per heavy atom. The first-order chi connectivity index (χ1) is 13.3. The molecule has 0 bridgehead atoms. The lowest BCUT2D eigenvalue weighted by atomic mass is 9.64. The highest BCUT2D eigenvalue weighted by Crippen LogP contribution is 2.51. The molecule has 1 atom stereocenters. The van der Waals surface area contributed by atoms with Gasteiger partial charge in [-0.25, -0.2) is 4.98 Å². The SMILES string of the molecule is CC1(C)Cc2ccc(NC(=O)c3ccc(Br)cn3)cc2C2(CCSC(N)=N2)C1. The van der Waals surface area contributed by atoms with Gasteiger partial charge in [-0.15, -0.1) is 0 Å². The van der Waals surface area contributed by atoms with Gasteiger partial charge in [0.25, 0.3) is 5.91 Å². The Balaban J connectivity index is 1.69. The third kappa shape index (κ3) is 3.82. The molecule has 0 saturated carbocycles. The van der Waals surface area contributed by atoms with Crippen LogP contribution < -0.4 is 11.1 Å². The number of halogens is 1. The highest BCUT2D eigenvalue weighted by Gasteiger charge is 2.45. The summed E-state index contributed by atoms with van der Waals surface area (Å²) in [4.78, 5) is 21.7. The summed E-state index contributed by atoms with van der Waals surface area (Å²) >= 11 is 4.96. The molecule has 3 N–H and O–H groups in total. The summed E-state index contributed by atoms with van der Waals surface area (Å²) in [6, 6.07) is 9.67. The smallest absolute Gasteiger partial charge is 0.274 e. The molecule has 2 aromatic rings. The number of pyridine rings is 1. The molecule has 4 rings (SSSR count). The second kappa shape index (κ2) is 7.19. The molecule has 1 unspecified atom stereocenters. The number of hydrogen-bond donors (Lipinski definition) is 2. The van der Waals surface area contributed by atoms with Crippen molar-refractivity contribution < 1.29 is 4.79 Å². The quantitative estimate of drug-likeness (QED) is 0.682. The van der Waals surface area contributed by atoms with Gasteiger partial charge < -0.3 is 11.1 Å². The molecule has 1 aliphatic carbocycles. The van der Waals surface area contributed by atoms with Crippen LogP contribution in [0.25, 0.3) is 0 Å². The Morgan fingerprint density at radius 1 is 1.29 bits per heavy atom. The van der Waals surface area contributed by atoms with E-state index in [4.69, 9.17) is 10.7 Å². The molecule has 1 aliphatic heterocycles. The molecule has 0 fully saturated rings. The minimum Gasteiger partial charge on any atom is -0.379 e. The van der Waals surface area contributed by atoms with Gasteiger partial charge in [-0.3, -0.25) is 9.79 Å². The van der Waals surface area contributed by atoms with Gasteiger partial charge in [-0.1, -0.05) is 31.7 Å². The number of thioether (sulfide) groups is 1. The number of amides is 1. The Kier molecular flexibility index (Phi) is 5.00. The van der Waals surface area contributed by atoms with E-state index in [1.54, 1.807) is 24.0 Å². The maximum Gasteiger partial charge on any atom is 0.274 e. The third-order valence-corrected chi connectivity index (χ3v) is 6.62. The number of benzene rings is 1. The van der Waals surface area contributed by atoms with E-state index >= 15 is 0 Å². The van der Waals surface area contributed by atoms with Crippen molar-refractivity contribution in [1.29, 1.82) is 0 Å². The molecule has 1 aromatic heterocycles. The van der Waals surface area contributed by atoms with Crippen LogP contribution in [0, 0.1) is 5.41 Å². The standard InChI is InChI=1S/C21H23BrN4OS/c1-20(2)10-13-3-5-15(25-18(27)17-6-4-14(22)11-24-17)9-16(13)21(12-20)7-8-28-19(23)26-21/h3-6,9,11H,7-8,10,12H2,1-2H3,(H2,23,26)(H,25,27). The molecule has 7 heteroatoms. The summed E-state index contributed by atoms with van der Waals surface area (Å²) in [6.45, 7) is 4.58.